The molecule has 0 aliphatic rings. The van der Waals surface area contributed by atoms with Crippen molar-refractivity contribution in [1.29, 1.82) is 5.26 Å². The van der Waals surface area contributed by atoms with Crippen LogP contribution in [0.3, 0.4) is 0 Å². The van der Waals surface area contributed by atoms with Gasteiger partial charge in [0.15, 0.2) is 0 Å². The van der Waals surface area contributed by atoms with Crippen LogP contribution in [0.2, 0.25) is 0 Å². The topological polar surface area (TPSA) is 70.0 Å². The van der Waals surface area contributed by atoms with Gasteiger partial charge in [-0.25, -0.2) is 13.1 Å². The fraction of sp³-hybridized carbons (Fsp3) is 0.750. The molecule has 0 fully saturated rings. The molecule has 0 radical (unpaired) electrons. The summed E-state index contributed by atoms with van der Waals surface area (Å²) in [5.74, 6) is 0. The van der Waals surface area contributed by atoms with Crippen molar-refractivity contribution < 1.29 is 12.9 Å². The van der Waals surface area contributed by atoms with Gasteiger partial charge in [-0.3, -0.25) is 0 Å². The summed E-state index contributed by atoms with van der Waals surface area (Å²) in [6, 6.07) is 8.03. The molecule has 5 nitrogen and oxygen atoms in total. The summed E-state index contributed by atoms with van der Waals surface area (Å²) < 4.78 is 28.4. The maximum Gasteiger partial charge on any atom is 0.240 e. The lowest BCUT2D eigenvalue weighted by atomic mass is 10.0. The van der Waals surface area contributed by atoms with E-state index in [1.54, 1.807) is 0 Å². The molecular formula is C28H50N3O2S+. The second kappa shape index (κ2) is 17.9. The van der Waals surface area contributed by atoms with Crippen LogP contribution in [0.25, 0.3) is 0 Å². The molecule has 0 amide bonds. The normalized spacial score (nSPS) is 12.1. The first-order valence-electron chi connectivity index (χ1n) is 13.6. The first-order chi connectivity index (χ1) is 16.3. The van der Waals surface area contributed by atoms with Gasteiger partial charge < -0.3 is 4.48 Å². The van der Waals surface area contributed by atoms with Crippen LogP contribution in [0, 0.1) is 11.3 Å². The van der Waals surface area contributed by atoms with Crippen LogP contribution in [0.4, 0.5) is 0 Å². The van der Waals surface area contributed by atoms with Gasteiger partial charge in [-0.05, 0) is 37.1 Å². The van der Waals surface area contributed by atoms with Crippen LogP contribution in [-0.2, 0) is 10.0 Å². The first-order valence-corrected chi connectivity index (χ1v) is 15.1. The van der Waals surface area contributed by atoms with Crippen LogP contribution in [0.5, 0.6) is 0 Å². The third-order valence-electron chi connectivity index (χ3n) is 6.64. The molecule has 0 spiro atoms. The number of hydrogen-bond donors (Lipinski definition) is 1. The predicted molar refractivity (Wildman–Crippen MR) is 143 cm³/mol. The van der Waals surface area contributed by atoms with Gasteiger partial charge in [0, 0.05) is 13.0 Å². The average molecular weight is 493 g/mol. The molecule has 0 saturated carbocycles. The highest BCUT2D eigenvalue weighted by Gasteiger charge is 2.16. The van der Waals surface area contributed by atoms with E-state index in [9.17, 15) is 8.42 Å². The molecule has 0 aliphatic carbocycles. The molecule has 0 aliphatic heterocycles. The minimum atomic E-state index is -3.51. The maximum absolute atomic E-state index is 12.4. The Balaban J connectivity index is 2.02. The standard InChI is InChI=1S/C28H50N3O2S/c1-4-5-6-7-8-9-10-11-12-13-14-15-16-17-24-31(2,3)25-18-23-30-34(32,33)28-21-19-27(26-29)20-22-28/h19-22,30H,4-18,23-25H2,1-3H3/q+1. The summed E-state index contributed by atoms with van der Waals surface area (Å²) >= 11 is 0. The quantitative estimate of drug-likeness (QED) is 0.152. The molecule has 34 heavy (non-hydrogen) atoms. The Kier molecular flexibility index (Phi) is 16.1. The Labute approximate surface area is 210 Å². The van der Waals surface area contributed by atoms with Gasteiger partial charge in [-0.2, -0.15) is 5.26 Å². The summed E-state index contributed by atoms with van der Waals surface area (Å²) in [5, 5.41) is 8.84. The number of sulfonamides is 1. The zero-order valence-electron chi connectivity index (χ0n) is 22.2. The van der Waals surface area contributed by atoms with Crippen molar-refractivity contribution in [1.82, 2.24) is 4.72 Å². The third-order valence-corrected chi connectivity index (χ3v) is 8.12. The van der Waals surface area contributed by atoms with Crippen molar-refractivity contribution in [2.45, 2.75) is 108 Å². The van der Waals surface area contributed by atoms with Crippen LogP contribution in [0.1, 0.15) is 109 Å². The van der Waals surface area contributed by atoms with E-state index in [1.807, 2.05) is 6.07 Å². The maximum atomic E-state index is 12.4. The first kappa shape index (κ1) is 30.6. The van der Waals surface area contributed by atoms with E-state index in [0.29, 0.717) is 12.1 Å². The molecule has 1 aromatic carbocycles. The van der Waals surface area contributed by atoms with Crippen molar-refractivity contribution in [3.63, 3.8) is 0 Å². The van der Waals surface area contributed by atoms with E-state index in [-0.39, 0.29) is 4.90 Å². The number of unbranched alkanes of at least 4 members (excludes halogenated alkanes) is 13. The molecule has 6 heteroatoms. The number of quaternary nitrogens is 1. The Hall–Kier alpha value is -1.42. The molecule has 0 bridgehead atoms. The van der Waals surface area contributed by atoms with Gasteiger partial charge in [-0.15, -0.1) is 0 Å². The summed E-state index contributed by atoms with van der Waals surface area (Å²) in [4.78, 5) is 0.211. The van der Waals surface area contributed by atoms with Gasteiger partial charge in [0.2, 0.25) is 10.0 Å². The predicted octanol–water partition coefficient (Wildman–Crippen LogP) is 6.78. The zero-order chi connectivity index (χ0) is 25.1. The number of nitrogens with one attached hydrogen (secondary N) is 1. The van der Waals surface area contributed by atoms with E-state index in [0.717, 1.165) is 24.0 Å². The van der Waals surface area contributed by atoms with E-state index < -0.39 is 10.0 Å². The summed E-state index contributed by atoms with van der Waals surface area (Å²) in [7, 11) is 0.955. The summed E-state index contributed by atoms with van der Waals surface area (Å²) in [5.41, 5.74) is 0.460. The second-order valence-corrected chi connectivity index (χ2v) is 12.1. The minimum Gasteiger partial charge on any atom is -0.328 e. The number of nitriles is 1. The number of benzene rings is 1. The monoisotopic (exact) mass is 492 g/mol. The SMILES string of the molecule is CCCCCCCCCCCCCCCC[N+](C)(C)CCCNS(=O)(=O)c1ccc(C#N)cc1. The van der Waals surface area contributed by atoms with E-state index in [4.69, 9.17) is 5.26 Å². The van der Waals surface area contributed by atoms with Gasteiger partial charge in [0.1, 0.15) is 0 Å². The van der Waals surface area contributed by atoms with Crippen LogP contribution in [0.15, 0.2) is 29.2 Å². The Morgan fingerprint density at radius 3 is 1.65 bits per heavy atom. The van der Waals surface area contributed by atoms with Gasteiger partial charge >= 0.3 is 0 Å². The lowest BCUT2D eigenvalue weighted by molar-refractivity contribution is -0.890. The Morgan fingerprint density at radius 1 is 0.735 bits per heavy atom. The van der Waals surface area contributed by atoms with Crippen LogP contribution >= 0.6 is 0 Å². The molecule has 0 heterocycles. The molecule has 1 N–H and O–H groups in total. The van der Waals surface area contributed by atoms with E-state index in [2.05, 4.69) is 25.7 Å². The molecule has 0 aromatic heterocycles. The summed E-state index contributed by atoms with van der Waals surface area (Å²) in [6.07, 6.45) is 20.1. The van der Waals surface area contributed by atoms with Crippen LogP contribution < -0.4 is 4.72 Å². The molecule has 0 unspecified atom stereocenters. The highest BCUT2D eigenvalue weighted by Crippen LogP contribution is 2.14. The second-order valence-electron chi connectivity index (χ2n) is 10.4. The van der Waals surface area contributed by atoms with Crippen molar-refractivity contribution in [2.75, 3.05) is 33.7 Å². The lowest BCUT2D eigenvalue weighted by Crippen LogP contribution is -2.42. The van der Waals surface area contributed by atoms with Crippen molar-refractivity contribution >= 4 is 10.0 Å². The van der Waals surface area contributed by atoms with Gasteiger partial charge in [0.05, 0.1) is 43.7 Å². The smallest absolute Gasteiger partial charge is 0.240 e. The van der Waals surface area contributed by atoms with Crippen molar-refractivity contribution in [3.05, 3.63) is 29.8 Å². The zero-order valence-corrected chi connectivity index (χ0v) is 23.0. The van der Waals surface area contributed by atoms with E-state index >= 15 is 0 Å². The molecule has 194 valence electrons. The number of rotatable bonds is 21. The minimum absolute atomic E-state index is 0.211. The molecule has 0 atom stereocenters. The molecule has 1 rings (SSSR count). The Morgan fingerprint density at radius 2 is 1.18 bits per heavy atom. The highest BCUT2D eigenvalue weighted by atomic mass is 32.2. The van der Waals surface area contributed by atoms with E-state index in [1.165, 1.54) is 114 Å². The van der Waals surface area contributed by atoms with Crippen LogP contribution in [-0.4, -0.2) is 46.6 Å². The van der Waals surface area contributed by atoms with Crippen molar-refractivity contribution in [3.8, 4) is 6.07 Å². The number of nitrogens with zero attached hydrogens (tertiary/aromatic N) is 2. The fourth-order valence-corrected chi connectivity index (χ4v) is 5.43. The fourth-order valence-electron chi connectivity index (χ4n) is 4.35. The van der Waals surface area contributed by atoms with Gasteiger partial charge in [0.25, 0.3) is 0 Å². The number of hydrogen-bond acceptors (Lipinski definition) is 3. The average Bonchev–Trinajstić information content (AvgIpc) is 2.82. The Bertz CT molecular complexity index is 783. The molecule has 0 saturated heterocycles. The van der Waals surface area contributed by atoms with Gasteiger partial charge in [-0.1, -0.05) is 84.0 Å². The third kappa shape index (κ3) is 14.8. The highest BCUT2D eigenvalue weighted by molar-refractivity contribution is 7.89. The van der Waals surface area contributed by atoms with Crippen molar-refractivity contribution in [2.24, 2.45) is 0 Å². The largest absolute Gasteiger partial charge is 0.328 e. The summed E-state index contributed by atoms with van der Waals surface area (Å²) in [6.45, 7) is 4.80. The molecule has 1 aromatic rings. The lowest BCUT2D eigenvalue weighted by Gasteiger charge is -2.30. The molecular weight excluding hydrogens is 442 g/mol.